The van der Waals surface area contributed by atoms with Gasteiger partial charge in [0.05, 0.1) is 0 Å². The molecule has 0 saturated carbocycles. The summed E-state index contributed by atoms with van der Waals surface area (Å²) in [5.74, 6) is 0. The molecule has 3 aliphatic heterocycles. The molecule has 3 fully saturated rings. The van der Waals surface area contributed by atoms with E-state index >= 15 is 0 Å². The minimum atomic E-state index is 0.302. The molecule has 0 atom stereocenters. The molecule has 0 aromatic heterocycles. The van der Waals surface area contributed by atoms with E-state index in [1.807, 2.05) is 4.90 Å². The van der Waals surface area contributed by atoms with Crippen LogP contribution in [0.25, 0.3) is 0 Å². The number of carbonyl (C=O) groups is 1. The van der Waals surface area contributed by atoms with E-state index in [1.165, 1.54) is 45.3 Å². The molecule has 0 radical (unpaired) electrons. The van der Waals surface area contributed by atoms with Crippen LogP contribution in [0.2, 0.25) is 0 Å². The number of hydrogen-bond acceptors (Lipinski definition) is 2. The van der Waals surface area contributed by atoms with Crippen LogP contribution in [0.5, 0.6) is 0 Å². The van der Waals surface area contributed by atoms with E-state index < -0.39 is 0 Å². The number of carbonyl (C=O) groups excluding carboxylic acids is 1. The van der Waals surface area contributed by atoms with Crippen molar-refractivity contribution in [3.8, 4) is 0 Å². The summed E-state index contributed by atoms with van der Waals surface area (Å²) in [6.45, 7) is 9.84. The first-order chi connectivity index (χ1) is 8.72. The maximum absolute atomic E-state index is 12.2. The molecule has 18 heavy (non-hydrogen) atoms. The molecule has 0 N–H and O–H groups in total. The van der Waals surface area contributed by atoms with Gasteiger partial charge in [0.15, 0.2) is 0 Å². The van der Waals surface area contributed by atoms with Crippen LogP contribution in [0, 0.1) is 5.41 Å². The summed E-state index contributed by atoms with van der Waals surface area (Å²) in [5, 5.41) is 0. The molecule has 3 rings (SSSR count). The molecule has 4 nitrogen and oxygen atoms in total. The van der Waals surface area contributed by atoms with Crippen molar-refractivity contribution in [1.29, 1.82) is 0 Å². The van der Waals surface area contributed by atoms with Crippen molar-refractivity contribution in [2.24, 2.45) is 5.41 Å². The van der Waals surface area contributed by atoms with Crippen LogP contribution < -0.4 is 0 Å². The minimum absolute atomic E-state index is 0.302. The van der Waals surface area contributed by atoms with Crippen molar-refractivity contribution in [3.63, 3.8) is 0 Å². The Bertz CT molecular complexity index is 309. The van der Waals surface area contributed by atoms with Gasteiger partial charge in [0.2, 0.25) is 0 Å². The Morgan fingerprint density at radius 2 is 1.61 bits per heavy atom. The Kier molecular flexibility index (Phi) is 3.22. The molecule has 0 aromatic rings. The van der Waals surface area contributed by atoms with Gasteiger partial charge in [-0.25, -0.2) is 4.79 Å². The van der Waals surface area contributed by atoms with Gasteiger partial charge in [-0.3, -0.25) is 0 Å². The zero-order valence-electron chi connectivity index (χ0n) is 11.5. The van der Waals surface area contributed by atoms with Crippen molar-refractivity contribution >= 4 is 6.03 Å². The summed E-state index contributed by atoms with van der Waals surface area (Å²) < 4.78 is 0. The van der Waals surface area contributed by atoms with Crippen LogP contribution in [0.1, 0.15) is 32.6 Å². The third-order valence-corrected chi connectivity index (χ3v) is 5.06. The molecule has 1 spiro atoms. The Morgan fingerprint density at radius 3 is 2.17 bits per heavy atom. The van der Waals surface area contributed by atoms with E-state index in [0.29, 0.717) is 11.4 Å². The van der Waals surface area contributed by atoms with Gasteiger partial charge in [0, 0.05) is 31.6 Å². The lowest BCUT2D eigenvalue weighted by atomic mass is 9.72. The van der Waals surface area contributed by atoms with E-state index in [9.17, 15) is 4.79 Å². The van der Waals surface area contributed by atoms with Crippen molar-refractivity contribution in [2.75, 3.05) is 45.8 Å². The molecular weight excluding hydrogens is 226 g/mol. The summed E-state index contributed by atoms with van der Waals surface area (Å²) in [6, 6.07) is 0.302. The topological polar surface area (TPSA) is 26.8 Å². The molecule has 4 heteroatoms. The maximum atomic E-state index is 12.2. The number of urea groups is 1. The van der Waals surface area contributed by atoms with Crippen LogP contribution in [0.4, 0.5) is 4.79 Å². The second-order valence-corrected chi connectivity index (χ2v) is 6.27. The van der Waals surface area contributed by atoms with Gasteiger partial charge in [-0.05, 0) is 45.3 Å². The molecule has 3 saturated heterocycles. The minimum Gasteiger partial charge on any atom is -0.325 e. The third-order valence-electron chi connectivity index (χ3n) is 5.06. The summed E-state index contributed by atoms with van der Waals surface area (Å²) in [4.78, 5) is 18.9. The Balaban J connectivity index is 1.49. The van der Waals surface area contributed by atoms with Crippen molar-refractivity contribution in [3.05, 3.63) is 0 Å². The fourth-order valence-corrected chi connectivity index (χ4v) is 3.67. The molecule has 2 amide bonds. The number of hydrogen-bond donors (Lipinski definition) is 0. The Hall–Kier alpha value is -0.770. The number of piperidine rings is 1. The largest absolute Gasteiger partial charge is 0.325 e. The van der Waals surface area contributed by atoms with Gasteiger partial charge in [0.1, 0.15) is 0 Å². The normalized spacial score (nSPS) is 27.6. The van der Waals surface area contributed by atoms with Gasteiger partial charge in [-0.2, -0.15) is 0 Å². The number of amides is 2. The van der Waals surface area contributed by atoms with Crippen LogP contribution >= 0.6 is 0 Å². The molecule has 0 unspecified atom stereocenters. The van der Waals surface area contributed by atoms with E-state index in [1.54, 1.807) is 0 Å². The first-order valence-electron chi connectivity index (χ1n) is 7.49. The number of nitrogens with zero attached hydrogens (tertiary/aromatic N) is 3. The molecule has 3 heterocycles. The quantitative estimate of drug-likeness (QED) is 0.708. The predicted molar refractivity (Wildman–Crippen MR) is 71.6 cm³/mol. The summed E-state index contributed by atoms with van der Waals surface area (Å²) >= 11 is 0. The van der Waals surface area contributed by atoms with Crippen LogP contribution in [-0.4, -0.2) is 66.5 Å². The number of likely N-dealkylation sites (tertiary alicyclic amines) is 3. The fraction of sp³-hybridized carbons (Fsp3) is 0.929. The summed E-state index contributed by atoms with van der Waals surface area (Å²) in [7, 11) is 0. The lowest BCUT2D eigenvalue weighted by Gasteiger charge is -2.54. The zero-order chi connectivity index (χ0) is 12.6. The smallest absolute Gasteiger partial charge is 0.320 e. The average molecular weight is 251 g/mol. The molecule has 0 bridgehead atoms. The lowest BCUT2D eigenvalue weighted by molar-refractivity contribution is -0.0274. The standard InChI is InChI=1S/C14H25N3O/c1-2-15-9-5-14(6-10-15)11-17(12-14)13(18)16-7-3-4-8-16/h2-12H2,1H3. The first kappa shape index (κ1) is 12.3. The number of rotatable bonds is 1. The lowest BCUT2D eigenvalue weighted by Crippen LogP contribution is -2.63. The van der Waals surface area contributed by atoms with Gasteiger partial charge < -0.3 is 14.7 Å². The SMILES string of the molecule is CCN1CCC2(CC1)CN(C(=O)N1CCCC1)C2. The zero-order valence-corrected chi connectivity index (χ0v) is 11.5. The highest BCUT2D eigenvalue weighted by atomic mass is 16.2. The van der Waals surface area contributed by atoms with E-state index in [2.05, 4.69) is 16.7 Å². The maximum Gasteiger partial charge on any atom is 0.320 e. The third kappa shape index (κ3) is 2.11. The second-order valence-electron chi connectivity index (χ2n) is 6.27. The highest BCUT2D eigenvalue weighted by Crippen LogP contribution is 2.40. The van der Waals surface area contributed by atoms with Crippen molar-refractivity contribution in [2.45, 2.75) is 32.6 Å². The molecule has 0 aromatic carbocycles. The Labute approximate surface area is 110 Å². The van der Waals surface area contributed by atoms with Crippen molar-refractivity contribution < 1.29 is 4.79 Å². The highest BCUT2D eigenvalue weighted by molar-refractivity contribution is 5.75. The predicted octanol–water partition coefficient (Wildman–Crippen LogP) is 1.62. The molecule has 102 valence electrons. The average Bonchev–Trinajstić information content (AvgIpc) is 2.89. The van der Waals surface area contributed by atoms with Gasteiger partial charge >= 0.3 is 6.03 Å². The molecule has 0 aliphatic carbocycles. The van der Waals surface area contributed by atoms with Crippen LogP contribution in [0.3, 0.4) is 0 Å². The van der Waals surface area contributed by atoms with E-state index in [0.717, 1.165) is 26.2 Å². The van der Waals surface area contributed by atoms with Gasteiger partial charge in [-0.15, -0.1) is 0 Å². The Morgan fingerprint density at radius 1 is 1.00 bits per heavy atom. The van der Waals surface area contributed by atoms with Gasteiger partial charge in [-0.1, -0.05) is 6.92 Å². The highest BCUT2D eigenvalue weighted by Gasteiger charge is 2.47. The van der Waals surface area contributed by atoms with Crippen LogP contribution in [0.15, 0.2) is 0 Å². The second kappa shape index (κ2) is 4.72. The summed E-state index contributed by atoms with van der Waals surface area (Å²) in [6.07, 6.45) is 4.95. The fourth-order valence-electron chi connectivity index (χ4n) is 3.67. The monoisotopic (exact) mass is 251 g/mol. The molecular formula is C14H25N3O. The van der Waals surface area contributed by atoms with Gasteiger partial charge in [0.25, 0.3) is 0 Å². The van der Waals surface area contributed by atoms with Crippen molar-refractivity contribution in [1.82, 2.24) is 14.7 Å². The van der Waals surface area contributed by atoms with E-state index in [-0.39, 0.29) is 0 Å². The van der Waals surface area contributed by atoms with Crippen LogP contribution in [-0.2, 0) is 0 Å². The molecule has 3 aliphatic rings. The van der Waals surface area contributed by atoms with E-state index in [4.69, 9.17) is 0 Å². The summed E-state index contributed by atoms with van der Waals surface area (Å²) in [5.41, 5.74) is 0.473. The first-order valence-corrected chi connectivity index (χ1v) is 7.49.